The maximum atomic E-state index is 12.9. The van der Waals surface area contributed by atoms with Gasteiger partial charge in [0.05, 0.1) is 17.8 Å². The van der Waals surface area contributed by atoms with E-state index in [9.17, 15) is 22.8 Å². The van der Waals surface area contributed by atoms with Gasteiger partial charge in [0.25, 0.3) is 0 Å². The van der Waals surface area contributed by atoms with Crippen LogP contribution in [-0.2, 0) is 9.59 Å². The lowest BCUT2D eigenvalue weighted by molar-refractivity contribution is -0.185. The number of hydrogen-bond acceptors (Lipinski definition) is 4. The molecule has 0 atom stereocenters. The topological polar surface area (TPSA) is 95.3 Å². The maximum absolute atomic E-state index is 12.9. The van der Waals surface area contributed by atoms with Crippen LogP contribution in [0.25, 0.3) is 17.1 Å². The Labute approximate surface area is 183 Å². The largest absolute Gasteiger partial charge is 0.391 e. The van der Waals surface area contributed by atoms with E-state index in [1.54, 1.807) is 23.4 Å². The Kier molecular flexibility index (Phi) is 6.12. The number of aromatic nitrogens is 2. The van der Waals surface area contributed by atoms with E-state index < -0.39 is 18.0 Å². The van der Waals surface area contributed by atoms with Gasteiger partial charge < -0.3 is 20.5 Å². The fourth-order valence-electron chi connectivity index (χ4n) is 4.61. The summed E-state index contributed by atoms with van der Waals surface area (Å²) < 4.78 is 38.6. The Hall–Kier alpha value is -3.04. The predicted octanol–water partition coefficient (Wildman–Crippen LogP) is 3.08. The van der Waals surface area contributed by atoms with Crippen molar-refractivity contribution in [2.45, 2.75) is 31.9 Å². The number of rotatable bonds is 4. The quantitative estimate of drug-likeness (QED) is 0.702. The second-order valence-corrected chi connectivity index (χ2v) is 8.47. The van der Waals surface area contributed by atoms with E-state index in [2.05, 4.69) is 14.9 Å². The third-order valence-corrected chi connectivity index (χ3v) is 6.47. The molecule has 4 rings (SSSR count). The number of aromatic amines is 1. The maximum Gasteiger partial charge on any atom is 0.391 e. The highest BCUT2D eigenvalue weighted by Gasteiger charge is 2.43. The third-order valence-electron chi connectivity index (χ3n) is 6.47. The molecule has 1 aliphatic carbocycles. The van der Waals surface area contributed by atoms with Crippen molar-refractivity contribution < 1.29 is 22.8 Å². The van der Waals surface area contributed by atoms with Crippen LogP contribution in [0.5, 0.6) is 0 Å². The van der Waals surface area contributed by atoms with Gasteiger partial charge in [0.15, 0.2) is 0 Å². The number of primary amides is 1. The van der Waals surface area contributed by atoms with Crippen molar-refractivity contribution in [2.24, 2.45) is 17.6 Å². The van der Waals surface area contributed by atoms with Crippen LogP contribution in [0.3, 0.4) is 0 Å². The normalized spacial score (nSPS) is 22.6. The lowest BCUT2D eigenvalue weighted by Gasteiger charge is -2.38. The summed E-state index contributed by atoms with van der Waals surface area (Å²) in [5, 5.41) is 0.861. The number of pyridine rings is 1. The Bertz CT molecular complexity index is 1020. The number of nitrogens with zero attached hydrogens (tertiary/aromatic N) is 3. The third kappa shape index (κ3) is 4.73. The molecule has 1 saturated heterocycles. The second kappa shape index (κ2) is 8.84. The lowest BCUT2D eigenvalue weighted by atomic mass is 9.81. The molecule has 3 heterocycles. The fourth-order valence-corrected chi connectivity index (χ4v) is 4.61. The summed E-state index contributed by atoms with van der Waals surface area (Å²) in [6.07, 6.45) is 2.96. The first-order chi connectivity index (χ1) is 15.2. The van der Waals surface area contributed by atoms with Gasteiger partial charge in [-0.3, -0.25) is 9.59 Å². The van der Waals surface area contributed by atoms with Crippen LogP contribution < -0.4 is 10.6 Å². The van der Waals surface area contributed by atoms with Crippen molar-refractivity contribution in [2.75, 3.05) is 31.1 Å². The van der Waals surface area contributed by atoms with Crippen LogP contribution in [0.4, 0.5) is 18.9 Å². The lowest BCUT2D eigenvalue weighted by Crippen LogP contribution is -2.51. The van der Waals surface area contributed by atoms with Crippen molar-refractivity contribution >= 4 is 34.6 Å². The number of hydrogen-bond donors (Lipinski definition) is 2. The monoisotopic (exact) mass is 449 g/mol. The van der Waals surface area contributed by atoms with Gasteiger partial charge in [-0.25, -0.2) is 4.98 Å². The first kappa shape index (κ1) is 22.2. The van der Waals surface area contributed by atoms with Gasteiger partial charge in [-0.15, -0.1) is 0 Å². The van der Waals surface area contributed by atoms with E-state index in [-0.39, 0.29) is 24.7 Å². The summed E-state index contributed by atoms with van der Waals surface area (Å²) in [7, 11) is 0. The van der Waals surface area contributed by atoms with E-state index in [1.165, 1.54) is 6.08 Å². The van der Waals surface area contributed by atoms with Crippen LogP contribution in [0, 0.1) is 11.8 Å². The predicted molar refractivity (Wildman–Crippen MR) is 115 cm³/mol. The zero-order chi connectivity index (χ0) is 22.9. The first-order valence-electron chi connectivity index (χ1n) is 10.8. The van der Waals surface area contributed by atoms with Crippen molar-refractivity contribution in [1.82, 2.24) is 14.9 Å². The molecule has 2 aliphatic rings. The number of fused-ring (bicyclic) bond motifs is 1. The molecule has 0 bridgehead atoms. The smallest absolute Gasteiger partial charge is 0.367 e. The average Bonchev–Trinajstić information content (AvgIpc) is 3.19. The summed E-state index contributed by atoms with van der Waals surface area (Å²) in [5.41, 5.74) is 7.58. The van der Waals surface area contributed by atoms with Crippen molar-refractivity contribution in [3.05, 3.63) is 30.1 Å². The number of H-pyrrole nitrogens is 1. The molecular formula is C22H26F3N5O2. The van der Waals surface area contributed by atoms with Crippen molar-refractivity contribution in [3.8, 4) is 0 Å². The Morgan fingerprint density at radius 3 is 2.44 bits per heavy atom. The van der Waals surface area contributed by atoms with E-state index in [4.69, 9.17) is 5.73 Å². The first-order valence-corrected chi connectivity index (χ1v) is 10.8. The number of carbonyl (C=O) groups excluding carboxylic acids is 2. The molecule has 2 amide bonds. The second-order valence-electron chi connectivity index (χ2n) is 8.47. The minimum atomic E-state index is -4.16. The molecule has 1 saturated carbocycles. The molecule has 2 fully saturated rings. The molecule has 1 aliphatic heterocycles. The summed E-state index contributed by atoms with van der Waals surface area (Å²) >= 11 is 0. The number of alkyl halides is 3. The van der Waals surface area contributed by atoms with E-state index in [1.807, 2.05) is 6.07 Å². The van der Waals surface area contributed by atoms with Crippen LogP contribution >= 0.6 is 0 Å². The Balaban J connectivity index is 1.36. The van der Waals surface area contributed by atoms with E-state index in [0.717, 1.165) is 16.6 Å². The SMILES string of the molecule is NC(=O)/C=C/c1c[nH]c2ncc(N3CCN(C(=O)[C@H]4CC[C@@H](C(F)(F)F)CC4)CC3)cc12. The number of piperazine rings is 1. The number of amides is 2. The fraction of sp³-hybridized carbons (Fsp3) is 0.500. The summed E-state index contributed by atoms with van der Waals surface area (Å²) in [6, 6.07) is 1.98. The molecule has 0 aromatic carbocycles. The zero-order valence-corrected chi connectivity index (χ0v) is 17.6. The van der Waals surface area contributed by atoms with Gasteiger partial charge in [-0.2, -0.15) is 13.2 Å². The minimum Gasteiger partial charge on any atom is -0.367 e. The van der Waals surface area contributed by atoms with E-state index in [0.29, 0.717) is 44.7 Å². The minimum absolute atomic E-state index is 0.0247. The summed E-state index contributed by atoms with van der Waals surface area (Å²) in [5.74, 6) is -2.14. The Morgan fingerprint density at radius 2 is 1.81 bits per heavy atom. The molecule has 2 aromatic heterocycles. The summed E-state index contributed by atoms with van der Waals surface area (Å²) in [6.45, 7) is 2.29. The highest BCUT2D eigenvalue weighted by molar-refractivity contribution is 5.95. The average molecular weight is 449 g/mol. The van der Waals surface area contributed by atoms with Gasteiger partial charge in [-0.05, 0) is 37.8 Å². The van der Waals surface area contributed by atoms with Crippen LogP contribution in [-0.4, -0.2) is 59.0 Å². The van der Waals surface area contributed by atoms with Crippen LogP contribution in [0.1, 0.15) is 31.2 Å². The molecule has 10 heteroatoms. The number of halogens is 3. The molecule has 172 valence electrons. The standard InChI is InChI=1S/C22H26F3N5O2/c23-22(24,25)16-4-1-14(2-5-16)21(32)30-9-7-29(8-10-30)17-11-18-15(3-6-19(26)31)12-27-20(18)28-13-17/h3,6,11-14,16H,1-2,4-5,7-10H2,(H2,26,31)(H,27,28)/b6-3+/t14-,16+. The number of anilines is 1. The van der Waals surface area contributed by atoms with Gasteiger partial charge in [0, 0.05) is 55.3 Å². The molecule has 7 nitrogen and oxygen atoms in total. The highest BCUT2D eigenvalue weighted by atomic mass is 19.4. The number of nitrogens with one attached hydrogen (secondary N) is 1. The van der Waals surface area contributed by atoms with Gasteiger partial charge in [-0.1, -0.05) is 0 Å². The van der Waals surface area contributed by atoms with Gasteiger partial charge in [0.2, 0.25) is 11.8 Å². The van der Waals surface area contributed by atoms with Crippen molar-refractivity contribution in [1.29, 1.82) is 0 Å². The molecule has 32 heavy (non-hydrogen) atoms. The van der Waals surface area contributed by atoms with Gasteiger partial charge >= 0.3 is 6.18 Å². The molecule has 2 aromatic rings. The van der Waals surface area contributed by atoms with Crippen LogP contribution in [0.2, 0.25) is 0 Å². The molecular weight excluding hydrogens is 423 g/mol. The zero-order valence-electron chi connectivity index (χ0n) is 17.6. The highest BCUT2D eigenvalue weighted by Crippen LogP contribution is 2.40. The Morgan fingerprint density at radius 1 is 1.12 bits per heavy atom. The van der Waals surface area contributed by atoms with Crippen molar-refractivity contribution in [3.63, 3.8) is 0 Å². The molecule has 0 spiro atoms. The molecule has 0 radical (unpaired) electrons. The van der Waals surface area contributed by atoms with Gasteiger partial charge in [0.1, 0.15) is 5.65 Å². The summed E-state index contributed by atoms with van der Waals surface area (Å²) in [4.78, 5) is 35.3. The number of carbonyl (C=O) groups is 2. The van der Waals surface area contributed by atoms with E-state index >= 15 is 0 Å². The molecule has 3 N–H and O–H groups in total. The number of nitrogens with two attached hydrogens (primary N) is 1. The molecule has 0 unspecified atom stereocenters. The van der Waals surface area contributed by atoms with Crippen LogP contribution in [0.15, 0.2) is 24.5 Å².